The molecule has 0 aromatic heterocycles. The second-order valence-electron chi connectivity index (χ2n) is 4.84. The molecule has 0 atom stereocenters. The number of nitrogens with one attached hydrogen (secondary N) is 1. The van der Waals surface area contributed by atoms with E-state index in [-0.39, 0.29) is 11.7 Å². The van der Waals surface area contributed by atoms with Crippen molar-refractivity contribution in [3.8, 4) is 11.5 Å². The molecule has 2 aromatic rings. The van der Waals surface area contributed by atoms with E-state index >= 15 is 0 Å². The highest BCUT2D eigenvalue weighted by atomic mass is 32.2. The van der Waals surface area contributed by atoms with Gasteiger partial charge in [-0.1, -0.05) is 18.2 Å². The SMILES string of the molecule is O=C(CSc1ccc2c(c1)OCCO2)NC(=O)c1ccccc1. The third-order valence-electron chi connectivity index (χ3n) is 3.17. The van der Waals surface area contributed by atoms with Gasteiger partial charge in [-0.15, -0.1) is 11.8 Å². The van der Waals surface area contributed by atoms with Crippen LogP contribution in [0.3, 0.4) is 0 Å². The molecule has 2 aromatic carbocycles. The van der Waals surface area contributed by atoms with Gasteiger partial charge in [-0.05, 0) is 30.3 Å². The van der Waals surface area contributed by atoms with Gasteiger partial charge in [0, 0.05) is 10.5 Å². The fourth-order valence-corrected chi connectivity index (χ4v) is 2.81. The summed E-state index contributed by atoms with van der Waals surface area (Å²) in [5.74, 6) is 0.821. The van der Waals surface area contributed by atoms with Gasteiger partial charge in [0.15, 0.2) is 11.5 Å². The predicted molar refractivity (Wildman–Crippen MR) is 87.1 cm³/mol. The van der Waals surface area contributed by atoms with Gasteiger partial charge in [0.1, 0.15) is 13.2 Å². The highest BCUT2D eigenvalue weighted by Gasteiger charge is 2.14. The Morgan fingerprint density at radius 1 is 1.00 bits per heavy atom. The number of fused-ring (bicyclic) bond motifs is 1. The predicted octanol–water partition coefficient (Wildman–Crippen LogP) is 2.51. The van der Waals surface area contributed by atoms with E-state index in [9.17, 15) is 9.59 Å². The molecular formula is C17H15NO4S. The fraction of sp³-hybridized carbons (Fsp3) is 0.176. The summed E-state index contributed by atoms with van der Waals surface area (Å²) >= 11 is 1.34. The van der Waals surface area contributed by atoms with Crippen molar-refractivity contribution in [2.45, 2.75) is 4.90 Å². The Balaban J connectivity index is 1.54. The van der Waals surface area contributed by atoms with Crippen molar-refractivity contribution < 1.29 is 19.1 Å². The molecule has 23 heavy (non-hydrogen) atoms. The summed E-state index contributed by atoms with van der Waals surface area (Å²) in [6.07, 6.45) is 0. The molecule has 0 radical (unpaired) electrons. The molecular weight excluding hydrogens is 314 g/mol. The first-order chi connectivity index (χ1) is 11.2. The fourth-order valence-electron chi connectivity index (χ4n) is 2.09. The van der Waals surface area contributed by atoms with Gasteiger partial charge in [-0.3, -0.25) is 14.9 Å². The van der Waals surface area contributed by atoms with Crippen molar-refractivity contribution in [1.82, 2.24) is 5.32 Å². The third kappa shape index (κ3) is 4.04. The highest BCUT2D eigenvalue weighted by Crippen LogP contribution is 2.34. The second kappa shape index (κ2) is 7.19. The Morgan fingerprint density at radius 2 is 1.74 bits per heavy atom. The minimum absolute atomic E-state index is 0.151. The van der Waals surface area contributed by atoms with Gasteiger partial charge >= 0.3 is 0 Å². The molecule has 1 heterocycles. The normalized spacial score (nSPS) is 12.5. The van der Waals surface area contributed by atoms with E-state index < -0.39 is 5.91 Å². The molecule has 2 amide bonds. The van der Waals surface area contributed by atoms with Gasteiger partial charge in [0.05, 0.1) is 5.75 Å². The lowest BCUT2D eigenvalue weighted by atomic mass is 10.2. The Bertz CT molecular complexity index is 718. The van der Waals surface area contributed by atoms with E-state index in [4.69, 9.17) is 9.47 Å². The lowest BCUT2D eigenvalue weighted by molar-refractivity contribution is -0.117. The highest BCUT2D eigenvalue weighted by molar-refractivity contribution is 8.00. The van der Waals surface area contributed by atoms with Crippen molar-refractivity contribution in [1.29, 1.82) is 0 Å². The van der Waals surface area contributed by atoms with E-state index in [0.29, 0.717) is 30.3 Å². The zero-order chi connectivity index (χ0) is 16.1. The van der Waals surface area contributed by atoms with Gasteiger partial charge in [0.2, 0.25) is 5.91 Å². The van der Waals surface area contributed by atoms with Crippen LogP contribution in [-0.4, -0.2) is 30.8 Å². The Hall–Kier alpha value is -2.47. The van der Waals surface area contributed by atoms with Crippen LogP contribution in [0.15, 0.2) is 53.4 Å². The zero-order valence-electron chi connectivity index (χ0n) is 12.3. The molecule has 0 unspecified atom stereocenters. The van der Waals surface area contributed by atoms with Gasteiger partial charge in [-0.2, -0.15) is 0 Å². The molecule has 0 spiro atoms. The second-order valence-corrected chi connectivity index (χ2v) is 5.89. The Morgan fingerprint density at radius 3 is 2.52 bits per heavy atom. The maximum atomic E-state index is 11.9. The smallest absolute Gasteiger partial charge is 0.257 e. The van der Waals surface area contributed by atoms with Crippen LogP contribution in [-0.2, 0) is 4.79 Å². The van der Waals surface area contributed by atoms with Crippen molar-refractivity contribution in [2.75, 3.05) is 19.0 Å². The molecule has 1 aliphatic rings. The molecule has 118 valence electrons. The van der Waals surface area contributed by atoms with E-state index in [1.165, 1.54) is 11.8 Å². The van der Waals surface area contributed by atoms with E-state index in [2.05, 4.69) is 5.32 Å². The molecule has 0 aliphatic carbocycles. The summed E-state index contributed by atoms with van der Waals surface area (Å²) in [4.78, 5) is 24.6. The number of carbonyl (C=O) groups excluding carboxylic acids is 2. The number of ether oxygens (including phenoxy) is 2. The number of thioether (sulfide) groups is 1. The molecule has 0 bridgehead atoms. The summed E-state index contributed by atoms with van der Waals surface area (Å²) in [6.45, 7) is 1.07. The number of hydrogen-bond donors (Lipinski definition) is 1. The first-order valence-electron chi connectivity index (χ1n) is 7.14. The number of rotatable bonds is 4. The maximum Gasteiger partial charge on any atom is 0.257 e. The van der Waals surface area contributed by atoms with Crippen LogP contribution in [0.1, 0.15) is 10.4 Å². The molecule has 3 rings (SSSR count). The summed E-state index contributed by atoms with van der Waals surface area (Å²) in [6, 6.07) is 14.2. The first kappa shape index (κ1) is 15.4. The molecule has 1 N–H and O–H groups in total. The van der Waals surface area contributed by atoms with Crippen LogP contribution in [0.5, 0.6) is 11.5 Å². The van der Waals surface area contributed by atoms with E-state index in [0.717, 1.165) is 4.90 Å². The average molecular weight is 329 g/mol. The van der Waals surface area contributed by atoms with E-state index in [1.54, 1.807) is 24.3 Å². The lowest BCUT2D eigenvalue weighted by Crippen LogP contribution is -2.31. The lowest BCUT2D eigenvalue weighted by Gasteiger charge is -2.18. The summed E-state index contributed by atoms with van der Waals surface area (Å²) in [5.41, 5.74) is 0.463. The zero-order valence-corrected chi connectivity index (χ0v) is 13.1. The minimum Gasteiger partial charge on any atom is -0.486 e. The van der Waals surface area contributed by atoms with Crippen molar-refractivity contribution in [2.24, 2.45) is 0 Å². The molecule has 0 saturated heterocycles. The van der Waals surface area contributed by atoms with Gasteiger partial charge < -0.3 is 9.47 Å². The maximum absolute atomic E-state index is 11.9. The number of benzene rings is 2. The van der Waals surface area contributed by atoms with Crippen LogP contribution >= 0.6 is 11.8 Å². The summed E-state index contributed by atoms with van der Waals surface area (Å²) in [5, 5.41) is 2.37. The van der Waals surface area contributed by atoms with Crippen LogP contribution in [0.2, 0.25) is 0 Å². The standard InChI is InChI=1S/C17H15NO4S/c19-16(18-17(20)12-4-2-1-3-5-12)11-23-13-6-7-14-15(10-13)22-9-8-21-14/h1-7,10H,8-9,11H2,(H,18,19,20). The minimum atomic E-state index is -0.390. The van der Waals surface area contributed by atoms with Crippen LogP contribution < -0.4 is 14.8 Å². The van der Waals surface area contributed by atoms with Gasteiger partial charge in [0.25, 0.3) is 5.91 Å². The topological polar surface area (TPSA) is 64.6 Å². The molecule has 5 nitrogen and oxygen atoms in total. The van der Waals surface area contributed by atoms with Gasteiger partial charge in [-0.25, -0.2) is 0 Å². The Kier molecular flexibility index (Phi) is 4.83. The third-order valence-corrected chi connectivity index (χ3v) is 4.17. The Labute approximate surface area is 138 Å². The average Bonchev–Trinajstić information content (AvgIpc) is 2.60. The molecule has 0 saturated carbocycles. The number of amides is 2. The largest absolute Gasteiger partial charge is 0.486 e. The van der Waals surface area contributed by atoms with Crippen molar-refractivity contribution >= 4 is 23.6 Å². The summed E-state index contributed by atoms with van der Waals surface area (Å²) < 4.78 is 10.9. The molecule has 6 heteroatoms. The van der Waals surface area contributed by atoms with Crippen molar-refractivity contribution in [3.63, 3.8) is 0 Å². The number of imide groups is 1. The van der Waals surface area contributed by atoms with Crippen LogP contribution in [0.25, 0.3) is 0 Å². The summed E-state index contributed by atoms with van der Waals surface area (Å²) in [7, 11) is 0. The number of hydrogen-bond acceptors (Lipinski definition) is 5. The monoisotopic (exact) mass is 329 g/mol. The van der Waals surface area contributed by atoms with Crippen molar-refractivity contribution in [3.05, 3.63) is 54.1 Å². The van der Waals surface area contributed by atoms with Crippen LogP contribution in [0, 0.1) is 0 Å². The number of carbonyl (C=O) groups is 2. The first-order valence-corrected chi connectivity index (χ1v) is 8.12. The van der Waals surface area contributed by atoms with E-state index in [1.807, 2.05) is 24.3 Å². The molecule has 0 fully saturated rings. The quantitative estimate of drug-likeness (QED) is 0.873. The van der Waals surface area contributed by atoms with Crippen LogP contribution in [0.4, 0.5) is 0 Å². The molecule has 1 aliphatic heterocycles.